The molecule has 0 aromatic heterocycles. The molecule has 2 heterocycles. The second-order valence-corrected chi connectivity index (χ2v) is 9.73. The van der Waals surface area contributed by atoms with Gasteiger partial charge in [0.05, 0.1) is 10.5 Å². The first kappa shape index (κ1) is 23.7. The van der Waals surface area contributed by atoms with E-state index in [-0.39, 0.29) is 17.4 Å². The van der Waals surface area contributed by atoms with Crippen molar-refractivity contribution in [3.63, 3.8) is 0 Å². The van der Waals surface area contributed by atoms with Crippen molar-refractivity contribution in [1.29, 1.82) is 0 Å². The number of halogens is 3. The molecule has 33 heavy (non-hydrogen) atoms. The van der Waals surface area contributed by atoms with E-state index in [4.69, 9.17) is 14.2 Å². The summed E-state index contributed by atoms with van der Waals surface area (Å²) >= 11 is 0. The summed E-state index contributed by atoms with van der Waals surface area (Å²) < 4.78 is 82.4. The number of alkyl halides is 3. The number of fused-ring (bicyclic) bond motifs is 1. The number of hydrogen-bond donors (Lipinski definition) is 1. The smallest absolute Gasteiger partial charge is 0.416 e. The van der Waals surface area contributed by atoms with Crippen molar-refractivity contribution in [2.45, 2.75) is 17.5 Å². The van der Waals surface area contributed by atoms with Crippen LogP contribution in [0.3, 0.4) is 0 Å². The van der Waals surface area contributed by atoms with Crippen LogP contribution in [0.5, 0.6) is 17.2 Å². The van der Waals surface area contributed by atoms with E-state index < -0.39 is 21.8 Å². The van der Waals surface area contributed by atoms with Gasteiger partial charge in [-0.2, -0.15) is 13.2 Å². The molecule has 0 radical (unpaired) electrons. The van der Waals surface area contributed by atoms with Gasteiger partial charge < -0.3 is 14.2 Å². The minimum absolute atomic E-state index is 0.107. The van der Waals surface area contributed by atoms with Gasteiger partial charge in [-0.1, -0.05) is 6.07 Å². The second-order valence-electron chi connectivity index (χ2n) is 7.96. The molecule has 2 aliphatic heterocycles. The van der Waals surface area contributed by atoms with E-state index in [2.05, 4.69) is 9.62 Å². The number of hydrogen-bond acceptors (Lipinski definition) is 6. The predicted molar refractivity (Wildman–Crippen MR) is 114 cm³/mol. The Morgan fingerprint density at radius 2 is 1.85 bits per heavy atom. The highest BCUT2D eigenvalue weighted by atomic mass is 32.2. The molecule has 1 unspecified atom stereocenters. The molecule has 2 aromatic carbocycles. The van der Waals surface area contributed by atoms with Crippen LogP contribution in [0.2, 0.25) is 0 Å². The van der Waals surface area contributed by atoms with E-state index in [1.807, 2.05) is 18.2 Å². The molecular weight excluding hydrogens is 461 g/mol. The third-order valence-corrected chi connectivity index (χ3v) is 7.06. The molecule has 2 aromatic rings. The minimum Gasteiger partial charge on any atom is -0.488 e. The van der Waals surface area contributed by atoms with Crippen LogP contribution in [0.25, 0.3) is 0 Å². The fraction of sp³-hybridized carbons (Fsp3) is 0.455. The molecule has 1 fully saturated rings. The average Bonchev–Trinajstić information content (AvgIpc) is 3.25. The predicted octanol–water partition coefficient (Wildman–Crippen LogP) is 3.16. The first-order chi connectivity index (χ1) is 15.7. The molecule has 0 spiro atoms. The van der Waals surface area contributed by atoms with Crippen molar-refractivity contribution >= 4 is 10.0 Å². The average molecular weight is 487 g/mol. The lowest BCUT2D eigenvalue weighted by Crippen LogP contribution is -2.32. The monoisotopic (exact) mass is 486 g/mol. The van der Waals surface area contributed by atoms with Gasteiger partial charge in [0.15, 0.2) is 11.5 Å². The lowest BCUT2D eigenvalue weighted by atomic mass is 10.1. The van der Waals surface area contributed by atoms with Gasteiger partial charge in [0.2, 0.25) is 15.8 Å². The number of para-hydroxylation sites is 1. The zero-order valence-corrected chi connectivity index (χ0v) is 18.6. The molecule has 7 nitrogen and oxygen atoms in total. The number of benzene rings is 2. The van der Waals surface area contributed by atoms with Gasteiger partial charge >= 0.3 is 6.18 Å². The molecule has 0 bridgehead atoms. The SMILES string of the molecule is O=S(=O)(NCC1CCN(CCOc2cccc3c2OCCO3)C1)c1ccc(C(F)(F)F)cc1. The lowest BCUT2D eigenvalue weighted by Gasteiger charge is -2.22. The molecule has 11 heteroatoms. The first-order valence-corrected chi connectivity index (χ1v) is 12.1. The Labute approximate surface area is 190 Å². The number of rotatable bonds is 8. The Bertz CT molecular complexity index is 1060. The zero-order chi connectivity index (χ0) is 23.5. The van der Waals surface area contributed by atoms with Crippen molar-refractivity contribution in [1.82, 2.24) is 9.62 Å². The van der Waals surface area contributed by atoms with E-state index in [0.717, 1.165) is 37.2 Å². The summed E-state index contributed by atoms with van der Waals surface area (Å²) in [6.07, 6.45) is -3.69. The molecule has 4 rings (SSSR count). The summed E-state index contributed by atoms with van der Waals surface area (Å²) in [6, 6.07) is 8.99. The summed E-state index contributed by atoms with van der Waals surface area (Å²) in [4.78, 5) is 2.00. The van der Waals surface area contributed by atoms with E-state index in [9.17, 15) is 21.6 Å². The molecule has 180 valence electrons. The van der Waals surface area contributed by atoms with Crippen molar-refractivity contribution in [3.05, 3.63) is 48.0 Å². The normalized spacial score (nSPS) is 18.9. The largest absolute Gasteiger partial charge is 0.488 e. The molecule has 1 N–H and O–H groups in total. The lowest BCUT2D eigenvalue weighted by molar-refractivity contribution is -0.137. The highest BCUT2D eigenvalue weighted by Crippen LogP contribution is 2.39. The Balaban J connectivity index is 1.23. The number of likely N-dealkylation sites (tertiary alicyclic amines) is 1. The van der Waals surface area contributed by atoms with Crippen LogP contribution in [0.4, 0.5) is 13.2 Å². The highest BCUT2D eigenvalue weighted by molar-refractivity contribution is 7.89. The standard InChI is InChI=1S/C22H25F3N2O5S/c23-22(24,25)17-4-6-18(7-5-17)33(28,29)26-14-16-8-9-27(15-16)10-11-30-19-2-1-3-20-21(19)32-13-12-31-20/h1-7,16,26H,8-15H2. The molecule has 0 amide bonds. The fourth-order valence-electron chi connectivity index (χ4n) is 3.86. The van der Waals surface area contributed by atoms with E-state index >= 15 is 0 Å². The Morgan fingerprint density at radius 1 is 1.09 bits per heavy atom. The number of nitrogens with one attached hydrogen (secondary N) is 1. The molecule has 2 aliphatic rings. The van der Waals surface area contributed by atoms with Crippen LogP contribution < -0.4 is 18.9 Å². The second kappa shape index (κ2) is 9.78. The van der Waals surface area contributed by atoms with Crippen molar-refractivity contribution in [2.24, 2.45) is 5.92 Å². The summed E-state index contributed by atoms with van der Waals surface area (Å²) in [6.45, 7) is 3.83. The molecule has 0 saturated carbocycles. The zero-order valence-electron chi connectivity index (χ0n) is 17.8. The summed E-state index contributed by atoms with van der Waals surface area (Å²) in [5, 5.41) is 0. The van der Waals surface area contributed by atoms with Crippen LogP contribution in [0.15, 0.2) is 47.4 Å². The van der Waals surface area contributed by atoms with Crippen LogP contribution in [-0.2, 0) is 16.2 Å². The third kappa shape index (κ3) is 5.90. The molecular formula is C22H25F3N2O5S. The number of sulfonamides is 1. The Hall–Kier alpha value is -2.50. The molecule has 1 saturated heterocycles. The molecule has 1 atom stereocenters. The fourth-order valence-corrected chi connectivity index (χ4v) is 4.98. The topological polar surface area (TPSA) is 77.1 Å². The summed E-state index contributed by atoms with van der Waals surface area (Å²) in [7, 11) is -3.88. The van der Waals surface area contributed by atoms with E-state index in [1.165, 1.54) is 0 Å². The minimum atomic E-state index is -4.51. The quantitative estimate of drug-likeness (QED) is 0.618. The Kier molecular flexibility index (Phi) is 7.01. The van der Waals surface area contributed by atoms with Gasteiger partial charge in [0.1, 0.15) is 19.8 Å². The summed E-state index contributed by atoms with van der Waals surface area (Å²) in [5.41, 5.74) is -0.884. The van der Waals surface area contributed by atoms with Gasteiger partial charge in [-0.3, -0.25) is 4.90 Å². The van der Waals surface area contributed by atoms with Gasteiger partial charge in [-0.15, -0.1) is 0 Å². The van der Waals surface area contributed by atoms with E-state index in [0.29, 0.717) is 50.2 Å². The summed E-state index contributed by atoms with van der Waals surface area (Å²) in [5.74, 6) is 2.02. The third-order valence-electron chi connectivity index (χ3n) is 5.62. The van der Waals surface area contributed by atoms with Gasteiger partial charge in [0, 0.05) is 19.6 Å². The van der Waals surface area contributed by atoms with Crippen molar-refractivity contribution < 1.29 is 35.8 Å². The maximum absolute atomic E-state index is 12.7. The molecule has 0 aliphatic carbocycles. The van der Waals surface area contributed by atoms with Crippen LogP contribution in [-0.4, -0.2) is 59.3 Å². The van der Waals surface area contributed by atoms with Gasteiger partial charge in [-0.05, 0) is 55.3 Å². The van der Waals surface area contributed by atoms with Crippen LogP contribution in [0, 0.1) is 5.92 Å². The first-order valence-electron chi connectivity index (χ1n) is 10.6. The maximum Gasteiger partial charge on any atom is 0.416 e. The Morgan fingerprint density at radius 3 is 2.61 bits per heavy atom. The van der Waals surface area contributed by atoms with E-state index in [1.54, 1.807) is 0 Å². The van der Waals surface area contributed by atoms with Gasteiger partial charge in [-0.25, -0.2) is 13.1 Å². The highest BCUT2D eigenvalue weighted by Gasteiger charge is 2.31. The number of nitrogens with zero attached hydrogens (tertiary/aromatic N) is 1. The van der Waals surface area contributed by atoms with Crippen molar-refractivity contribution in [2.75, 3.05) is 46.0 Å². The number of ether oxygens (including phenoxy) is 3. The van der Waals surface area contributed by atoms with Crippen molar-refractivity contribution in [3.8, 4) is 17.2 Å². The van der Waals surface area contributed by atoms with Gasteiger partial charge in [0.25, 0.3) is 0 Å². The van der Waals surface area contributed by atoms with Crippen LogP contribution in [0.1, 0.15) is 12.0 Å². The van der Waals surface area contributed by atoms with Crippen LogP contribution >= 0.6 is 0 Å². The maximum atomic E-state index is 12.7.